The Balaban J connectivity index is 1.29. The average molecular weight is 470 g/mol. The van der Waals surface area contributed by atoms with E-state index in [2.05, 4.69) is 29.5 Å². The van der Waals surface area contributed by atoms with Gasteiger partial charge in [-0.2, -0.15) is 0 Å². The lowest BCUT2D eigenvalue weighted by atomic mass is 10.1. The lowest BCUT2D eigenvalue weighted by Gasteiger charge is -2.08. The first-order valence-corrected chi connectivity index (χ1v) is 11.7. The molecular weight excluding hydrogens is 446 g/mol. The number of nitrogens with one attached hydrogen (secondary N) is 1. The van der Waals surface area contributed by atoms with Crippen molar-refractivity contribution in [3.63, 3.8) is 0 Å². The number of carbonyl (C=O) groups excluding carboxylic acids is 1. The Morgan fingerprint density at radius 1 is 0.971 bits per heavy atom. The number of ether oxygens (including phenoxy) is 1. The minimum Gasteiger partial charge on any atom is -0.489 e. The third kappa shape index (κ3) is 4.56. The highest BCUT2D eigenvalue weighted by molar-refractivity contribution is 7.21. The number of thiazole rings is 1. The highest BCUT2D eigenvalue weighted by Crippen LogP contribution is 2.31. The monoisotopic (exact) mass is 469 g/mol. The van der Waals surface area contributed by atoms with Crippen molar-refractivity contribution in [3.8, 4) is 16.3 Å². The van der Waals surface area contributed by atoms with Gasteiger partial charge in [-0.15, -0.1) is 11.3 Å². The molecule has 6 nitrogen and oxygen atoms in total. The molecular formula is C27H23N3O3S. The number of amides is 1. The first-order chi connectivity index (χ1) is 16.5. The molecule has 0 aliphatic heterocycles. The van der Waals surface area contributed by atoms with E-state index in [0.717, 1.165) is 32.1 Å². The van der Waals surface area contributed by atoms with Crippen molar-refractivity contribution in [1.82, 2.24) is 10.1 Å². The lowest BCUT2D eigenvalue weighted by Crippen LogP contribution is -2.15. The van der Waals surface area contributed by atoms with Crippen molar-refractivity contribution in [2.45, 2.75) is 27.4 Å². The fourth-order valence-corrected chi connectivity index (χ4v) is 4.64. The third-order valence-corrected chi connectivity index (χ3v) is 6.60. The van der Waals surface area contributed by atoms with Crippen molar-refractivity contribution in [2.75, 3.05) is 5.32 Å². The minimum absolute atomic E-state index is 0.192. The van der Waals surface area contributed by atoms with Gasteiger partial charge in [0.2, 0.25) is 0 Å². The summed E-state index contributed by atoms with van der Waals surface area (Å²) in [4.78, 5) is 17.6. The van der Waals surface area contributed by atoms with Crippen LogP contribution < -0.4 is 10.1 Å². The Labute approximate surface area is 201 Å². The Morgan fingerprint density at radius 2 is 1.71 bits per heavy atom. The Bertz CT molecular complexity index is 1470. The van der Waals surface area contributed by atoms with Gasteiger partial charge in [0.1, 0.15) is 23.1 Å². The molecule has 5 aromatic rings. The van der Waals surface area contributed by atoms with E-state index in [4.69, 9.17) is 14.2 Å². The van der Waals surface area contributed by atoms with Crippen LogP contribution in [0.4, 0.5) is 5.69 Å². The normalized spacial score (nSPS) is 11.0. The van der Waals surface area contributed by atoms with Crippen LogP contribution in [0.2, 0.25) is 0 Å². The van der Waals surface area contributed by atoms with Gasteiger partial charge in [-0.3, -0.25) is 4.79 Å². The van der Waals surface area contributed by atoms with Crippen LogP contribution in [0.5, 0.6) is 5.75 Å². The molecule has 170 valence electrons. The van der Waals surface area contributed by atoms with Crippen molar-refractivity contribution in [2.24, 2.45) is 0 Å². The number of benzene rings is 3. The number of nitrogens with zero attached hydrogens (tertiary/aromatic N) is 2. The van der Waals surface area contributed by atoms with Crippen LogP contribution in [0.15, 0.2) is 71.3 Å². The molecule has 0 aliphatic carbocycles. The summed E-state index contributed by atoms with van der Waals surface area (Å²) in [6.45, 7) is 6.05. The summed E-state index contributed by atoms with van der Waals surface area (Å²) >= 11 is 1.66. The quantitative estimate of drug-likeness (QED) is 0.299. The molecule has 5 rings (SSSR count). The molecule has 0 aliphatic rings. The highest BCUT2D eigenvalue weighted by atomic mass is 32.1. The van der Waals surface area contributed by atoms with Crippen LogP contribution >= 0.6 is 11.3 Å². The predicted molar refractivity (Wildman–Crippen MR) is 134 cm³/mol. The number of anilines is 1. The molecule has 1 N–H and O–H groups in total. The van der Waals surface area contributed by atoms with E-state index in [9.17, 15) is 4.79 Å². The van der Waals surface area contributed by atoms with Crippen molar-refractivity contribution in [3.05, 3.63) is 94.9 Å². The van der Waals surface area contributed by atoms with Crippen molar-refractivity contribution < 1.29 is 14.1 Å². The summed E-state index contributed by atoms with van der Waals surface area (Å²) in [5.74, 6) is 0.930. The average Bonchev–Trinajstić information content (AvgIpc) is 3.42. The molecule has 0 bridgehead atoms. The highest BCUT2D eigenvalue weighted by Gasteiger charge is 2.21. The topological polar surface area (TPSA) is 77.2 Å². The second kappa shape index (κ2) is 9.11. The van der Waals surface area contributed by atoms with Gasteiger partial charge in [-0.25, -0.2) is 4.98 Å². The maximum atomic E-state index is 12.9. The standard InChI is InChI=1S/C27H23N3O3S/c1-16-4-11-21(12-5-16)32-15-22-18(3)33-30-25(22)26(31)28-20-9-7-19(8-10-20)27-29-23-13-6-17(2)14-24(23)34-27/h4-14H,15H2,1-3H3,(H,28,31). The zero-order chi connectivity index (χ0) is 23.7. The summed E-state index contributed by atoms with van der Waals surface area (Å²) in [6, 6.07) is 21.6. The molecule has 34 heavy (non-hydrogen) atoms. The van der Waals surface area contributed by atoms with E-state index in [1.165, 1.54) is 5.56 Å². The number of hydrogen-bond donors (Lipinski definition) is 1. The summed E-state index contributed by atoms with van der Waals surface area (Å²) in [5, 5.41) is 7.80. The van der Waals surface area contributed by atoms with Gasteiger partial charge in [-0.1, -0.05) is 28.9 Å². The number of hydrogen-bond acceptors (Lipinski definition) is 6. The summed E-state index contributed by atoms with van der Waals surface area (Å²) in [6.07, 6.45) is 0. The van der Waals surface area contributed by atoms with Gasteiger partial charge in [0, 0.05) is 11.3 Å². The summed E-state index contributed by atoms with van der Waals surface area (Å²) < 4.78 is 12.3. The van der Waals surface area contributed by atoms with Crippen LogP contribution in [0.1, 0.15) is 32.9 Å². The van der Waals surface area contributed by atoms with Crippen molar-refractivity contribution in [1.29, 1.82) is 0 Å². The predicted octanol–water partition coefficient (Wildman–Crippen LogP) is 6.71. The van der Waals surface area contributed by atoms with Crippen LogP contribution in [-0.2, 0) is 6.61 Å². The minimum atomic E-state index is -0.345. The van der Waals surface area contributed by atoms with Crippen LogP contribution in [-0.4, -0.2) is 16.0 Å². The SMILES string of the molecule is Cc1ccc(OCc2c(C(=O)Nc3ccc(-c4nc5ccc(C)cc5s4)cc3)noc2C)cc1. The van der Waals surface area contributed by atoms with E-state index in [1.807, 2.05) is 61.5 Å². The fraction of sp³-hybridized carbons (Fsp3) is 0.148. The van der Waals surface area contributed by atoms with E-state index in [-0.39, 0.29) is 18.2 Å². The zero-order valence-corrected chi connectivity index (χ0v) is 19.9. The number of rotatable bonds is 6. The van der Waals surface area contributed by atoms with Gasteiger partial charge >= 0.3 is 0 Å². The first kappa shape index (κ1) is 21.9. The van der Waals surface area contributed by atoms with E-state index in [0.29, 0.717) is 17.0 Å². The van der Waals surface area contributed by atoms with Crippen LogP contribution in [0.3, 0.4) is 0 Å². The van der Waals surface area contributed by atoms with E-state index >= 15 is 0 Å². The fourth-order valence-electron chi connectivity index (χ4n) is 3.57. The van der Waals surface area contributed by atoms with Crippen LogP contribution in [0.25, 0.3) is 20.8 Å². The molecule has 1 amide bonds. The van der Waals surface area contributed by atoms with Crippen LogP contribution in [0, 0.1) is 20.8 Å². The molecule has 0 saturated heterocycles. The molecule has 3 aromatic carbocycles. The molecule has 0 atom stereocenters. The van der Waals surface area contributed by atoms with Gasteiger partial charge in [0.15, 0.2) is 5.69 Å². The van der Waals surface area contributed by atoms with Crippen molar-refractivity contribution >= 4 is 33.1 Å². The number of aryl methyl sites for hydroxylation is 3. The molecule has 2 aromatic heterocycles. The van der Waals surface area contributed by atoms with Gasteiger partial charge in [-0.05, 0) is 74.9 Å². The second-order valence-electron chi connectivity index (χ2n) is 8.19. The van der Waals surface area contributed by atoms with Gasteiger partial charge in [0.05, 0.1) is 15.8 Å². The Morgan fingerprint density at radius 3 is 2.47 bits per heavy atom. The molecule has 2 heterocycles. The molecule has 0 spiro atoms. The second-order valence-corrected chi connectivity index (χ2v) is 9.22. The molecule has 0 unspecified atom stereocenters. The van der Waals surface area contributed by atoms with Gasteiger partial charge in [0.25, 0.3) is 5.91 Å². The Kier molecular flexibility index (Phi) is 5.86. The number of fused-ring (bicyclic) bond motifs is 1. The lowest BCUT2D eigenvalue weighted by molar-refractivity contribution is 0.101. The molecule has 7 heteroatoms. The Hall–Kier alpha value is -3.97. The molecule has 0 fully saturated rings. The number of aromatic nitrogens is 2. The molecule has 0 radical (unpaired) electrons. The number of carbonyl (C=O) groups is 1. The maximum Gasteiger partial charge on any atom is 0.278 e. The summed E-state index contributed by atoms with van der Waals surface area (Å²) in [5.41, 5.74) is 5.86. The molecule has 0 saturated carbocycles. The summed E-state index contributed by atoms with van der Waals surface area (Å²) in [7, 11) is 0. The maximum absolute atomic E-state index is 12.9. The third-order valence-electron chi connectivity index (χ3n) is 5.54. The zero-order valence-electron chi connectivity index (χ0n) is 19.1. The van der Waals surface area contributed by atoms with Gasteiger partial charge < -0.3 is 14.6 Å². The largest absolute Gasteiger partial charge is 0.489 e. The van der Waals surface area contributed by atoms with E-state index < -0.39 is 0 Å². The smallest absolute Gasteiger partial charge is 0.278 e. The first-order valence-electron chi connectivity index (χ1n) is 10.9. The van der Waals surface area contributed by atoms with E-state index in [1.54, 1.807) is 18.3 Å².